The van der Waals surface area contributed by atoms with Gasteiger partial charge in [-0.15, -0.1) is 0 Å². The van der Waals surface area contributed by atoms with Gasteiger partial charge in [0.1, 0.15) is 0 Å². The minimum atomic E-state index is -5.68. The van der Waals surface area contributed by atoms with Gasteiger partial charge in [-0.05, 0) is 49.4 Å². The van der Waals surface area contributed by atoms with Crippen molar-refractivity contribution in [1.82, 2.24) is 0 Å². The second-order valence-corrected chi connectivity index (χ2v) is 7.74. The minimum absolute atomic E-state index is 0.0206. The molecular formula is C16H12ClF6N3O2S. The van der Waals surface area contributed by atoms with Crippen molar-refractivity contribution in [2.24, 2.45) is 5.10 Å². The third kappa shape index (κ3) is 5.76. The number of nitrogens with one attached hydrogen (secondary N) is 2. The molecule has 0 spiro atoms. The smallest absolute Gasteiger partial charge is 0.278 e. The van der Waals surface area contributed by atoms with Crippen molar-refractivity contribution >= 4 is 38.7 Å². The second kappa shape index (κ2) is 8.11. The van der Waals surface area contributed by atoms with Crippen LogP contribution in [0.25, 0.3) is 0 Å². The number of alkyl halides is 6. The van der Waals surface area contributed by atoms with Crippen LogP contribution in [0, 0.1) is 0 Å². The molecule has 29 heavy (non-hydrogen) atoms. The normalized spacial score (nSPS) is 13.3. The Morgan fingerprint density at radius 2 is 1.59 bits per heavy atom. The molecule has 0 fully saturated rings. The van der Waals surface area contributed by atoms with E-state index in [9.17, 15) is 34.8 Å². The Morgan fingerprint density at radius 3 is 2.10 bits per heavy atom. The Balaban J connectivity index is 2.30. The standard InChI is InChI=1S/C16H12ClF6N3O2S/c1-9(24-25-12-5-2-10(3-6-12)15(18,19)20)13-8-11(17)4-7-14(13)26-29(27,28)16(21,22)23/h2-8,25-26H,1H3/b24-9+. The SMILES string of the molecule is C/C(=N\Nc1ccc(C(F)(F)F)cc1)c1cc(Cl)ccc1NS(=O)(=O)C(F)(F)F. The molecule has 0 saturated carbocycles. The van der Waals surface area contributed by atoms with E-state index in [0.29, 0.717) is 0 Å². The fraction of sp³-hybridized carbons (Fsp3) is 0.188. The summed E-state index contributed by atoms with van der Waals surface area (Å²) >= 11 is 5.82. The topological polar surface area (TPSA) is 70.6 Å². The maximum atomic E-state index is 12.6. The highest BCUT2D eigenvalue weighted by Gasteiger charge is 2.46. The van der Waals surface area contributed by atoms with Crippen LogP contribution in [0.3, 0.4) is 0 Å². The van der Waals surface area contributed by atoms with Gasteiger partial charge in [0.2, 0.25) is 0 Å². The quantitative estimate of drug-likeness (QED) is 0.354. The third-order valence-corrected chi connectivity index (χ3v) is 4.82. The predicted octanol–water partition coefficient (Wildman–Crippen LogP) is 5.46. The van der Waals surface area contributed by atoms with E-state index < -0.39 is 33.0 Å². The Kier molecular flexibility index (Phi) is 6.38. The van der Waals surface area contributed by atoms with Crippen LogP contribution in [0.4, 0.5) is 37.7 Å². The second-order valence-electron chi connectivity index (χ2n) is 5.63. The van der Waals surface area contributed by atoms with E-state index in [0.717, 1.165) is 30.3 Å². The van der Waals surface area contributed by atoms with Crippen molar-refractivity contribution in [2.45, 2.75) is 18.6 Å². The van der Waals surface area contributed by atoms with Crippen molar-refractivity contribution < 1.29 is 34.8 Å². The maximum Gasteiger partial charge on any atom is 0.516 e. The van der Waals surface area contributed by atoms with Crippen molar-refractivity contribution in [2.75, 3.05) is 10.1 Å². The van der Waals surface area contributed by atoms with E-state index in [-0.39, 0.29) is 22.0 Å². The van der Waals surface area contributed by atoms with Gasteiger partial charge < -0.3 is 0 Å². The number of anilines is 2. The Hall–Kier alpha value is -2.47. The molecule has 2 N–H and O–H groups in total. The average Bonchev–Trinajstić information content (AvgIpc) is 2.59. The fourth-order valence-corrected chi connectivity index (χ4v) is 2.81. The van der Waals surface area contributed by atoms with Gasteiger partial charge in [0.15, 0.2) is 0 Å². The molecule has 0 aliphatic rings. The van der Waals surface area contributed by atoms with Crippen LogP contribution in [0.1, 0.15) is 18.1 Å². The molecule has 0 radical (unpaired) electrons. The lowest BCUT2D eigenvalue weighted by Crippen LogP contribution is -2.30. The zero-order valence-electron chi connectivity index (χ0n) is 14.4. The first-order chi connectivity index (χ1) is 13.2. The summed E-state index contributed by atoms with van der Waals surface area (Å²) in [4.78, 5) is 0. The van der Waals surface area contributed by atoms with E-state index in [4.69, 9.17) is 11.6 Å². The monoisotopic (exact) mass is 459 g/mol. The Bertz CT molecular complexity index is 1020. The molecule has 0 heterocycles. The van der Waals surface area contributed by atoms with Gasteiger partial charge in [0, 0.05) is 10.6 Å². The summed E-state index contributed by atoms with van der Waals surface area (Å²) in [5.41, 5.74) is -4.28. The molecule has 0 bridgehead atoms. The van der Waals surface area contributed by atoms with Gasteiger partial charge in [-0.2, -0.15) is 39.9 Å². The first-order valence-electron chi connectivity index (χ1n) is 7.57. The Labute approximate surface area is 166 Å². The predicted molar refractivity (Wildman–Crippen MR) is 97.3 cm³/mol. The molecule has 158 valence electrons. The highest BCUT2D eigenvalue weighted by atomic mass is 35.5. The highest BCUT2D eigenvalue weighted by Crippen LogP contribution is 2.30. The highest BCUT2D eigenvalue weighted by molar-refractivity contribution is 7.93. The summed E-state index contributed by atoms with van der Waals surface area (Å²) in [6, 6.07) is 7.22. The van der Waals surface area contributed by atoms with Crippen molar-refractivity contribution in [3.8, 4) is 0 Å². The zero-order chi connectivity index (χ0) is 22.0. The molecular weight excluding hydrogens is 448 g/mol. The fourth-order valence-electron chi connectivity index (χ4n) is 2.05. The lowest BCUT2D eigenvalue weighted by Gasteiger charge is -2.14. The summed E-state index contributed by atoms with van der Waals surface area (Å²) in [7, 11) is -5.68. The largest absolute Gasteiger partial charge is 0.516 e. The van der Waals surface area contributed by atoms with E-state index in [1.165, 1.54) is 23.8 Å². The number of halogens is 7. The first kappa shape index (κ1) is 22.8. The van der Waals surface area contributed by atoms with Gasteiger partial charge in [0.05, 0.1) is 22.6 Å². The van der Waals surface area contributed by atoms with Gasteiger partial charge in [-0.1, -0.05) is 11.6 Å². The van der Waals surface area contributed by atoms with E-state index in [1.54, 1.807) is 0 Å². The summed E-state index contributed by atoms with van der Waals surface area (Å²) in [6.07, 6.45) is -4.51. The van der Waals surface area contributed by atoms with Crippen LogP contribution in [0.15, 0.2) is 47.6 Å². The number of sulfonamides is 1. The minimum Gasteiger partial charge on any atom is -0.278 e. The van der Waals surface area contributed by atoms with Crippen LogP contribution in [-0.4, -0.2) is 19.6 Å². The van der Waals surface area contributed by atoms with Crippen LogP contribution < -0.4 is 10.1 Å². The van der Waals surface area contributed by atoms with E-state index in [1.807, 2.05) is 0 Å². The molecule has 0 aliphatic carbocycles. The lowest BCUT2D eigenvalue weighted by molar-refractivity contribution is -0.137. The van der Waals surface area contributed by atoms with Crippen molar-refractivity contribution in [3.63, 3.8) is 0 Å². The summed E-state index contributed by atoms with van der Waals surface area (Å²) < 4.78 is 99.7. The molecule has 0 amide bonds. The number of hydrogen-bond donors (Lipinski definition) is 2. The van der Waals surface area contributed by atoms with E-state index in [2.05, 4.69) is 10.5 Å². The first-order valence-corrected chi connectivity index (χ1v) is 9.43. The molecule has 2 rings (SSSR count). The molecule has 2 aromatic carbocycles. The molecule has 0 atom stereocenters. The van der Waals surface area contributed by atoms with Crippen LogP contribution in [0.5, 0.6) is 0 Å². The van der Waals surface area contributed by atoms with Crippen molar-refractivity contribution in [3.05, 3.63) is 58.6 Å². The third-order valence-electron chi connectivity index (χ3n) is 3.49. The van der Waals surface area contributed by atoms with E-state index >= 15 is 0 Å². The maximum absolute atomic E-state index is 12.6. The molecule has 0 aromatic heterocycles. The van der Waals surface area contributed by atoms with Gasteiger partial charge >= 0.3 is 21.7 Å². The van der Waals surface area contributed by atoms with Gasteiger partial charge in [-0.3, -0.25) is 10.1 Å². The summed E-state index contributed by atoms with van der Waals surface area (Å²) in [5, 5.41) is 3.96. The van der Waals surface area contributed by atoms with Gasteiger partial charge in [-0.25, -0.2) is 0 Å². The number of hydrazone groups is 1. The van der Waals surface area contributed by atoms with Crippen LogP contribution in [-0.2, 0) is 16.2 Å². The summed E-state index contributed by atoms with van der Waals surface area (Å²) in [5.74, 6) is 0. The molecule has 2 aromatic rings. The number of nitrogens with zero attached hydrogens (tertiary/aromatic N) is 1. The van der Waals surface area contributed by atoms with Crippen LogP contribution in [0.2, 0.25) is 5.02 Å². The molecule has 13 heteroatoms. The molecule has 0 unspecified atom stereocenters. The molecule has 5 nitrogen and oxygen atoms in total. The number of hydrogen-bond acceptors (Lipinski definition) is 4. The number of benzene rings is 2. The Morgan fingerprint density at radius 1 is 1.00 bits per heavy atom. The summed E-state index contributed by atoms with van der Waals surface area (Å²) in [6.45, 7) is 1.34. The lowest BCUT2D eigenvalue weighted by atomic mass is 10.1. The van der Waals surface area contributed by atoms with Gasteiger partial charge in [0.25, 0.3) is 0 Å². The molecule has 0 saturated heterocycles. The zero-order valence-corrected chi connectivity index (χ0v) is 15.9. The van der Waals surface area contributed by atoms with Crippen molar-refractivity contribution in [1.29, 1.82) is 0 Å². The van der Waals surface area contributed by atoms with Crippen LogP contribution >= 0.6 is 11.6 Å². The molecule has 0 aliphatic heterocycles. The number of rotatable bonds is 5. The average molecular weight is 460 g/mol.